The number of benzene rings is 3. The first-order valence-corrected chi connectivity index (χ1v) is 12.3. The van der Waals surface area contributed by atoms with Gasteiger partial charge in [0.1, 0.15) is 0 Å². The normalized spacial score (nSPS) is 16.4. The molecule has 166 valence electrons. The summed E-state index contributed by atoms with van der Waals surface area (Å²) in [5.74, 6) is -0.0554. The second-order valence-corrected chi connectivity index (χ2v) is 10.3. The van der Waals surface area contributed by atoms with Crippen molar-refractivity contribution < 1.29 is 13.2 Å². The van der Waals surface area contributed by atoms with E-state index in [9.17, 15) is 13.2 Å². The number of carbonyl (C=O) groups is 1. The van der Waals surface area contributed by atoms with Crippen LogP contribution in [0.5, 0.6) is 0 Å². The molecule has 5 nitrogen and oxygen atoms in total. The number of hydrogen-bond donors (Lipinski definition) is 1. The number of hydrogen-bond acceptors (Lipinski definition) is 3. The molecule has 0 spiro atoms. The van der Waals surface area contributed by atoms with Gasteiger partial charge in [0.25, 0.3) is 0 Å². The molecule has 4 rings (SSSR count). The molecule has 1 aliphatic heterocycles. The summed E-state index contributed by atoms with van der Waals surface area (Å²) in [6, 6.07) is 26.5. The van der Waals surface area contributed by atoms with E-state index < -0.39 is 15.4 Å². The molecule has 0 aliphatic carbocycles. The number of sulfonamides is 1. The van der Waals surface area contributed by atoms with Crippen LogP contribution in [0, 0.1) is 6.92 Å². The standard InChI is InChI=1S/C26H28N2O3S/c1-21-9-8-14-24(19-21)32(30,31)28-17-15-26(16-18-28,23-12-6-3-7-13-23)25(29)27-20-22-10-4-2-5-11-22/h2-14,19H,15-18,20H2,1H3,(H,27,29). The van der Waals surface area contributed by atoms with E-state index in [1.165, 1.54) is 4.31 Å². The van der Waals surface area contributed by atoms with Crippen LogP contribution in [0.15, 0.2) is 89.8 Å². The van der Waals surface area contributed by atoms with Crippen molar-refractivity contribution in [2.75, 3.05) is 13.1 Å². The summed E-state index contributed by atoms with van der Waals surface area (Å²) in [6.45, 7) is 2.92. The van der Waals surface area contributed by atoms with E-state index in [1.54, 1.807) is 18.2 Å². The van der Waals surface area contributed by atoms with Crippen molar-refractivity contribution in [3.05, 3.63) is 102 Å². The van der Waals surface area contributed by atoms with Gasteiger partial charge in [0.2, 0.25) is 15.9 Å². The highest BCUT2D eigenvalue weighted by Crippen LogP contribution is 2.37. The van der Waals surface area contributed by atoms with Crippen molar-refractivity contribution in [3.8, 4) is 0 Å². The van der Waals surface area contributed by atoms with Crippen molar-refractivity contribution in [1.82, 2.24) is 9.62 Å². The van der Waals surface area contributed by atoms with Crippen molar-refractivity contribution in [2.24, 2.45) is 0 Å². The topological polar surface area (TPSA) is 66.5 Å². The van der Waals surface area contributed by atoms with E-state index >= 15 is 0 Å². The summed E-state index contributed by atoms with van der Waals surface area (Å²) >= 11 is 0. The summed E-state index contributed by atoms with van der Waals surface area (Å²) in [5, 5.41) is 3.09. The lowest BCUT2D eigenvalue weighted by Crippen LogP contribution is -2.52. The fourth-order valence-corrected chi connectivity index (χ4v) is 5.93. The molecule has 1 heterocycles. The van der Waals surface area contributed by atoms with Crippen LogP contribution in [0.25, 0.3) is 0 Å². The van der Waals surface area contributed by atoms with E-state index in [4.69, 9.17) is 0 Å². The lowest BCUT2D eigenvalue weighted by atomic mass is 9.72. The van der Waals surface area contributed by atoms with Gasteiger partial charge in [-0.1, -0.05) is 72.8 Å². The Balaban J connectivity index is 1.56. The Morgan fingerprint density at radius 3 is 2.16 bits per heavy atom. The zero-order valence-electron chi connectivity index (χ0n) is 18.2. The number of piperidine rings is 1. The van der Waals surface area contributed by atoms with Gasteiger partial charge < -0.3 is 5.32 Å². The van der Waals surface area contributed by atoms with Crippen LogP contribution in [0.1, 0.15) is 29.5 Å². The molecule has 1 fully saturated rings. The van der Waals surface area contributed by atoms with Crippen LogP contribution in [-0.2, 0) is 26.8 Å². The van der Waals surface area contributed by atoms with Gasteiger partial charge in [-0.15, -0.1) is 0 Å². The molecule has 0 unspecified atom stereocenters. The average Bonchev–Trinajstić information content (AvgIpc) is 2.83. The second kappa shape index (κ2) is 9.27. The SMILES string of the molecule is Cc1cccc(S(=O)(=O)N2CCC(C(=O)NCc3ccccc3)(c3ccccc3)CC2)c1. The minimum absolute atomic E-state index is 0.0554. The zero-order valence-corrected chi connectivity index (χ0v) is 19.0. The Morgan fingerprint density at radius 1 is 0.906 bits per heavy atom. The molecule has 1 amide bonds. The zero-order chi connectivity index (χ0) is 22.6. The highest BCUT2D eigenvalue weighted by atomic mass is 32.2. The maximum atomic E-state index is 13.5. The lowest BCUT2D eigenvalue weighted by molar-refractivity contribution is -0.128. The molecule has 3 aromatic rings. The first kappa shape index (κ1) is 22.2. The summed E-state index contributed by atoms with van der Waals surface area (Å²) in [6.07, 6.45) is 0.866. The minimum Gasteiger partial charge on any atom is -0.351 e. The summed E-state index contributed by atoms with van der Waals surface area (Å²) in [5.41, 5.74) is 2.11. The number of rotatable bonds is 6. The van der Waals surface area contributed by atoms with Gasteiger partial charge in [0.15, 0.2) is 0 Å². The van der Waals surface area contributed by atoms with Crippen molar-refractivity contribution in [1.29, 1.82) is 0 Å². The third-order valence-corrected chi connectivity index (χ3v) is 8.15. The van der Waals surface area contributed by atoms with E-state index in [2.05, 4.69) is 5.32 Å². The Hall–Kier alpha value is -2.96. The predicted octanol–water partition coefficient (Wildman–Crippen LogP) is 4.03. The van der Waals surface area contributed by atoms with Crippen LogP contribution in [0.4, 0.5) is 0 Å². The Labute approximate surface area is 190 Å². The first-order valence-electron chi connectivity index (χ1n) is 10.9. The van der Waals surface area contributed by atoms with Gasteiger partial charge >= 0.3 is 0 Å². The maximum absolute atomic E-state index is 13.5. The highest BCUT2D eigenvalue weighted by Gasteiger charge is 2.45. The van der Waals surface area contributed by atoms with Crippen LogP contribution in [-0.4, -0.2) is 31.7 Å². The van der Waals surface area contributed by atoms with Crippen LogP contribution >= 0.6 is 0 Å². The largest absolute Gasteiger partial charge is 0.351 e. The van der Waals surface area contributed by atoms with Crippen molar-refractivity contribution >= 4 is 15.9 Å². The van der Waals surface area contributed by atoms with Crippen molar-refractivity contribution in [2.45, 2.75) is 36.6 Å². The number of nitrogens with zero attached hydrogens (tertiary/aromatic N) is 1. The van der Waals surface area contributed by atoms with E-state index in [-0.39, 0.29) is 5.91 Å². The number of carbonyl (C=O) groups excluding carboxylic acids is 1. The molecule has 1 saturated heterocycles. The monoisotopic (exact) mass is 448 g/mol. The second-order valence-electron chi connectivity index (χ2n) is 8.34. The molecule has 0 bridgehead atoms. The van der Waals surface area contributed by atoms with E-state index in [1.807, 2.05) is 73.7 Å². The molecule has 6 heteroatoms. The van der Waals surface area contributed by atoms with E-state index in [0.29, 0.717) is 37.4 Å². The van der Waals surface area contributed by atoms with Crippen LogP contribution in [0.3, 0.4) is 0 Å². The van der Waals surface area contributed by atoms with Crippen LogP contribution < -0.4 is 5.32 Å². The number of nitrogens with one attached hydrogen (secondary N) is 1. The van der Waals surface area contributed by atoms with Gasteiger partial charge in [0.05, 0.1) is 10.3 Å². The highest BCUT2D eigenvalue weighted by molar-refractivity contribution is 7.89. The van der Waals surface area contributed by atoms with Crippen LogP contribution in [0.2, 0.25) is 0 Å². The smallest absolute Gasteiger partial charge is 0.243 e. The molecular weight excluding hydrogens is 420 g/mol. The van der Waals surface area contributed by atoms with Gasteiger partial charge in [-0.25, -0.2) is 8.42 Å². The fraction of sp³-hybridized carbons (Fsp3) is 0.269. The molecule has 1 aliphatic rings. The third kappa shape index (κ3) is 4.47. The molecule has 0 aromatic heterocycles. The first-order chi connectivity index (χ1) is 15.4. The van der Waals surface area contributed by atoms with E-state index in [0.717, 1.165) is 16.7 Å². The molecule has 0 saturated carbocycles. The van der Waals surface area contributed by atoms with Gasteiger partial charge in [-0.3, -0.25) is 4.79 Å². The predicted molar refractivity (Wildman–Crippen MR) is 126 cm³/mol. The molecule has 0 atom stereocenters. The Kier molecular flexibility index (Phi) is 6.44. The summed E-state index contributed by atoms with van der Waals surface area (Å²) < 4.78 is 27.9. The maximum Gasteiger partial charge on any atom is 0.243 e. The molecule has 0 radical (unpaired) electrons. The number of aryl methyl sites for hydroxylation is 1. The fourth-order valence-electron chi connectivity index (χ4n) is 4.38. The molecular formula is C26H28N2O3S. The molecule has 32 heavy (non-hydrogen) atoms. The Morgan fingerprint density at radius 2 is 1.53 bits per heavy atom. The number of amides is 1. The van der Waals surface area contributed by atoms with Gasteiger partial charge in [-0.2, -0.15) is 4.31 Å². The van der Waals surface area contributed by atoms with Gasteiger partial charge in [0, 0.05) is 19.6 Å². The summed E-state index contributed by atoms with van der Waals surface area (Å²) in [7, 11) is -3.60. The lowest BCUT2D eigenvalue weighted by Gasteiger charge is -2.40. The Bertz CT molecular complexity index is 1170. The summed E-state index contributed by atoms with van der Waals surface area (Å²) in [4.78, 5) is 13.8. The molecule has 3 aromatic carbocycles. The van der Waals surface area contributed by atoms with Gasteiger partial charge in [-0.05, 0) is 48.6 Å². The quantitative estimate of drug-likeness (QED) is 0.619. The molecule has 1 N–H and O–H groups in total. The van der Waals surface area contributed by atoms with Crippen molar-refractivity contribution in [3.63, 3.8) is 0 Å². The minimum atomic E-state index is -3.60. The third-order valence-electron chi connectivity index (χ3n) is 6.26. The average molecular weight is 449 g/mol.